The highest BCUT2D eigenvalue weighted by Crippen LogP contribution is 2.52. The Morgan fingerprint density at radius 1 is 1.08 bits per heavy atom. The van der Waals surface area contributed by atoms with Crippen LogP contribution in [0.3, 0.4) is 0 Å². The first-order valence-electron chi connectivity index (χ1n) is 9.04. The molecule has 0 saturated carbocycles. The van der Waals surface area contributed by atoms with Crippen molar-refractivity contribution < 1.29 is 9.47 Å². The van der Waals surface area contributed by atoms with Gasteiger partial charge in [0.05, 0.1) is 24.9 Å². The third-order valence-electron chi connectivity index (χ3n) is 5.20. The molecule has 1 N–H and O–H groups in total. The molecule has 0 spiro atoms. The zero-order valence-corrected chi connectivity index (χ0v) is 15.0. The summed E-state index contributed by atoms with van der Waals surface area (Å²) in [6, 6.07) is 15.1. The van der Waals surface area contributed by atoms with E-state index < -0.39 is 0 Å². The van der Waals surface area contributed by atoms with Gasteiger partial charge in [0.15, 0.2) is 0 Å². The fourth-order valence-electron chi connectivity index (χ4n) is 4.09. The second-order valence-corrected chi connectivity index (χ2v) is 7.14. The minimum absolute atomic E-state index is 0.157. The maximum absolute atomic E-state index is 6.08. The van der Waals surface area contributed by atoms with Gasteiger partial charge in [0.1, 0.15) is 11.5 Å². The van der Waals surface area contributed by atoms with Crippen molar-refractivity contribution in [3.05, 3.63) is 65.7 Å². The Morgan fingerprint density at radius 3 is 2.60 bits per heavy atom. The van der Waals surface area contributed by atoms with E-state index in [0.717, 1.165) is 23.6 Å². The Kier molecular flexibility index (Phi) is 4.16. The minimum Gasteiger partial charge on any atom is -0.497 e. The highest BCUT2D eigenvalue weighted by Gasteiger charge is 2.39. The summed E-state index contributed by atoms with van der Waals surface area (Å²) >= 11 is 0. The molecule has 1 aliphatic carbocycles. The van der Waals surface area contributed by atoms with E-state index in [0.29, 0.717) is 11.8 Å². The minimum atomic E-state index is 0.157. The molecule has 1 aliphatic heterocycles. The Balaban J connectivity index is 1.74. The van der Waals surface area contributed by atoms with Gasteiger partial charge in [0.25, 0.3) is 0 Å². The second kappa shape index (κ2) is 6.47. The van der Waals surface area contributed by atoms with E-state index in [9.17, 15) is 0 Å². The number of hydrogen-bond acceptors (Lipinski definition) is 3. The van der Waals surface area contributed by atoms with Gasteiger partial charge < -0.3 is 14.8 Å². The first-order chi connectivity index (χ1) is 12.2. The maximum atomic E-state index is 6.08. The van der Waals surface area contributed by atoms with Gasteiger partial charge in [-0.05, 0) is 55.5 Å². The van der Waals surface area contributed by atoms with Crippen LogP contribution in [0.1, 0.15) is 43.4 Å². The number of rotatable bonds is 4. The monoisotopic (exact) mass is 335 g/mol. The van der Waals surface area contributed by atoms with Crippen LogP contribution in [-0.2, 0) is 0 Å². The summed E-state index contributed by atoms with van der Waals surface area (Å²) in [5, 5.41) is 3.79. The van der Waals surface area contributed by atoms with Gasteiger partial charge in [-0.3, -0.25) is 0 Å². The van der Waals surface area contributed by atoms with Gasteiger partial charge in [0.2, 0.25) is 0 Å². The standard InChI is InChI=1S/C22H25NO2/c1-14(2)25-20-9-5-8-19-17-6-4-7-18(17)21(23-22(19)20)15-10-12-16(24-3)13-11-15/h4-6,8-14,17-18,21,23H,7H2,1-3H3. The molecule has 0 fully saturated rings. The summed E-state index contributed by atoms with van der Waals surface area (Å²) in [6.45, 7) is 4.14. The van der Waals surface area contributed by atoms with Crippen LogP contribution in [0, 0.1) is 5.92 Å². The highest BCUT2D eigenvalue weighted by atomic mass is 16.5. The normalized spacial score (nSPS) is 23.8. The van der Waals surface area contributed by atoms with Crippen molar-refractivity contribution in [3.63, 3.8) is 0 Å². The summed E-state index contributed by atoms with van der Waals surface area (Å²) in [5.41, 5.74) is 3.79. The molecule has 0 radical (unpaired) electrons. The van der Waals surface area contributed by atoms with Crippen molar-refractivity contribution in [2.24, 2.45) is 5.92 Å². The first kappa shape index (κ1) is 16.1. The van der Waals surface area contributed by atoms with Crippen LogP contribution >= 0.6 is 0 Å². The van der Waals surface area contributed by atoms with E-state index in [1.807, 2.05) is 12.1 Å². The molecular formula is C22H25NO2. The molecule has 25 heavy (non-hydrogen) atoms. The number of hydrogen-bond donors (Lipinski definition) is 1. The largest absolute Gasteiger partial charge is 0.497 e. The van der Waals surface area contributed by atoms with E-state index in [-0.39, 0.29) is 12.1 Å². The zero-order valence-electron chi connectivity index (χ0n) is 15.0. The Hall–Kier alpha value is -2.42. The van der Waals surface area contributed by atoms with Crippen molar-refractivity contribution >= 4 is 5.69 Å². The molecule has 0 amide bonds. The third-order valence-corrected chi connectivity index (χ3v) is 5.20. The number of nitrogens with one attached hydrogen (secondary N) is 1. The Bertz CT molecular complexity index is 779. The number of anilines is 1. The lowest BCUT2D eigenvalue weighted by Crippen LogP contribution is -2.29. The topological polar surface area (TPSA) is 30.5 Å². The lowest BCUT2D eigenvalue weighted by Gasteiger charge is -2.38. The van der Waals surface area contributed by atoms with Gasteiger partial charge in [-0.2, -0.15) is 0 Å². The fraction of sp³-hybridized carbons (Fsp3) is 0.364. The van der Waals surface area contributed by atoms with Crippen molar-refractivity contribution in [2.75, 3.05) is 12.4 Å². The van der Waals surface area contributed by atoms with Crippen LogP contribution in [-0.4, -0.2) is 13.2 Å². The predicted octanol–water partition coefficient (Wildman–Crippen LogP) is 5.31. The molecule has 0 saturated heterocycles. The molecule has 3 unspecified atom stereocenters. The van der Waals surface area contributed by atoms with E-state index in [1.54, 1.807) is 7.11 Å². The summed E-state index contributed by atoms with van der Waals surface area (Å²) in [5.74, 6) is 2.82. The zero-order chi connectivity index (χ0) is 17.4. The smallest absolute Gasteiger partial charge is 0.143 e. The number of fused-ring (bicyclic) bond motifs is 3. The van der Waals surface area contributed by atoms with Crippen LogP contribution in [0.25, 0.3) is 0 Å². The van der Waals surface area contributed by atoms with Crippen molar-refractivity contribution in [3.8, 4) is 11.5 Å². The van der Waals surface area contributed by atoms with Gasteiger partial charge in [-0.15, -0.1) is 0 Å². The molecular weight excluding hydrogens is 310 g/mol. The van der Waals surface area contributed by atoms with Crippen LogP contribution in [0.5, 0.6) is 11.5 Å². The molecule has 2 aromatic carbocycles. The van der Waals surface area contributed by atoms with Gasteiger partial charge in [0, 0.05) is 5.92 Å². The summed E-state index contributed by atoms with van der Waals surface area (Å²) in [7, 11) is 1.70. The number of benzene rings is 2. The molecule has 2 aromatic rings. The molecule has 0 bridgehead atoms. The van der Waals surface area contributed by atoms with E-state index in [2.05, 4.69) is 61.6 Å². The van der Waals surface area contributed by atoms with Gasteiger partial charge in [-0.25, -0.2) is 0 Å². The van der Waals surface area contributed by atoms with Crippen LogP contribution in [0.4, 0.5) is 5.69 Å². The molecule has 1 heterocycles. The summed E-state index contributed by atoms with van der Waals surface area (Å²) < 4.78 is 11.4. The lowest BCUT2D eigenvalue weighted by atomic mass is 9.77. The summed E-state index contributed by atoms with van der Waals surface area (Å²) in [4.78, 5) is 0. The van der Waals surface area contributed by atoms with Crippen LogP contribution < -0.4 is 14.8 Å². The predicted molar refractivity (Wildman–Crippen MR) is 102 cm³/mol. The Morgan fingerprint density at radius 2 is 1.88 bits per heavy atom. The maximum Gasteiger partial charge on any atom is 0.143 e. The number of ether oxygens (including phenoxy) is 2. The van der Waals surface area contributed by atoms with Crippen molar-refractivity contribution in [1.82, 2.24) is 0 Å². The SMILES string of the molecule is COc1ccc(C2Nc3c(OC(C)C)cccc3C3C=CCC32)cc1. The number of methoxy groups -OCH3 is 1. The van der Waals surface area contributed by atoms with Crippen molar-refractivity contribution in [2.45, 2.75) is 38.3 Å². The first-order valence-corrected chi connectivity index (χ1v) is 9.04. The molecule has 3 nitrogen and oxygen atoms in total. The van der Waals surface area contributed by atoms with E-state index in [1.165, 1.54) is 11.1 Å². The summed E-state index contributed by atoms with van der Waals surface area (Å²) in [6.07, 6.45) is 5.94. The molecule has 2 aliphatic rings. The van der Waals surface area contributed by atoms with E-state index in [4.69, 9.17) is 9.47 Å². The molecule has 0 aromatic heterocycles. The van der Waals surface area contributed by atoms with E-state index >= 15 is 0 Å². The van der Waals surface area contributed by atoms with Gasteiger partial charge in [-0.1, -0.05) is 36.4 Å². The average Bonchev–Trinajstić information content (AvgIpc) is 3.11. The number of allylic oxidation sites excluding steroid dienone is 2. The highest BCUT2D eigenvalue weighted by molar-refractivity contribution is 5.67. The van der Waals surface area contributed by atoms with Crippen LogP contribution in [0.15, 0.2) is 54.6 Å². The van der Waals surface area contributed by atoms with Crippen molar-refractivity contribution in [1.29, 1.82) is 0 Å². The molecule has 3 heteroatoms. The average molecular weight is 335 g/mol. The third kappa shape index (κ3) is 2.88. The fourth-order valence-corrected chi connectivity index (χ4v) is 4.09. The van der Waals surface area contributed by atoms with Crippen LogP contribution in [0.2, 0.25) is 0 Å². The lowest BCUT2D eigenvalue weighted by molar-refractivity contribution is 0.242. The molecule has 4 rings (SSSR count). The second-order valence-electron chi connectivity index (χ2n) is 7.14. The quantitative estimate of drug-likeness (QED) is 0.768. The Labute approximate surface area is 149 Å². The van der Waals surface area contributed by atoms with Gasteiger partial charge >= 0.3 is 0 Å². The molecule has 3 atom stereocenters. The molecule has 130 valence electrons. The number of para-hydroxylation sites is 1.